The van der Waals surface area contributed by atoms with E-state index in [9.17, 15) is 17.6 Å². The Morgan fingerprint density at radius 2 is 1.76 bits per heavy atom. The van der Waals surface area contributed by atoms with Crippen molar-refractivity contribution in [2.75, 3.05) is 18.2 Å². The number of nitrogens with zero attached hydrogens (tertiary/aromatic N) is 3. The standard InChI is InChI=1S/C30H28FN5O4S/c1-4-40-27-16-24(41(3,38)39)11-13-26(27)33-30-34-28-14-8-22(18-36(28)35-30)21-7-12-25(19(2)15-21)29(37)32-17-20-5-9-23(31)10-6-20/h5-16,18H,4,17H2,1-3H3,(H,32,37)(H,33,35). The Kier molecular flexibility index (Phi) is 7.71. The lowest BCUT2D eigenvalue weighted by atomic mass is 10.0. The second kappa shape index (κ2) is 11.4. The number of anilines is 2. The van der Waals surface area contributed by atoms with Crippen molar-refractivity contribution in [2.24, 2.45) is 0 Å². The summed E-state index contributed by atoms with van der Waals surface area (Å²) >= 11 is 0. The highest BCUT2D eigenvalue weighted by molar-refractivity contribution is 7.90. The number of pyridine rings is 1. The summed E-state index contributed by atoms with van der Waals surface area (Å²) in [4.78, 5) is 17.4. The third-order valence-corrected chi connectivity index (χ3v) is 7.54. The summed E-state index contributed by atoms with van der Waals surface area (Å²) < 4.78 is 44.3. The zero-order chi connectivity index (χ0) is 29.1. The minimum Gasteiger partial charge on any atom is -0.492 e. The maximum absolute atomic E-state index is 13.1. The zero-order valence-electron chi connectivity index (χ0n) is 22.7. The van der Waals surface area contributed by atoms with E-state index in [2.05, 4.69) is 20.7 Å². The van der Waals surface area contributed by atoms with Crippen LogP contribution in [0.15, 0.2) is 83.9 Å². The first-order chi connectivity index (χ1) is 19.6. The van der Waals surface area contributed by atoms with Gasteiger partial charge in [-0.3, -0.25) is 4.79 Å². The van der Waals surface area contributed by atoms with Crippen molar-refractivity contribution >= 4 is 33.0 Å². The predicted molar refractivity (Wildman–Crippen MR) is 155 cm³/mol. The number of carbonyl (C=O) groups is 1. The van der Waals surface area contributed by atoms with Crippen LogP contribution < -0.4 is 15.4 Å². The number of fused-ring (bicyclic) bond motifs is 1. The van der Waals surface area contributed by atoms with Gasteiger partial charge in [-0.15, -0.1) is 5.10 Å². The number of sulfone groups is 1. The van der Waals surface area contributed by atoms with Crippen molar-refractivity contribution in [3.8, 4) is 16.9 Å². The van der Waals surface area contributed by atoms with Gasteiger partial charge in [0.25, 0.3) is 5.91 Å². The molecular formula is C30H28FN5O4S. The summed E-state index contributed by atoms with van der Waals surface area (Å²) in [6.07, 6.45) is 2.99. The Hall–Kier alpha value is -4.77. The van der Waals surface area contributed by atoms with Gasteiger partial charge >= 0.3 is 0 Å². The SMILES string of the molecule is CCOc1cc(S(C)(=O)=O)ccc1Nc1nc2ccc(-c3ccc(C(=O)NCc4ccc(F)cc4)c(C)c3)cn2n1. The average Bonchev–Trinajstić information content (AvgIpc) is 3.34. The molecule has 0 atom stereocenters. The van der Waals surface area contributed by atoms with Gasteiger partial charge in [-0.1, -0.05) is 24.3 Å². The van der Waals surface area contributed by atoms with E-state index < -0.39 is 9.84 Å². The van der Waals surface area contributed by atoms with Crippen LogP contribution in [0.5, 0.6) is 5.75 Å². The number of hydrogen-bond donors (Lipinski definition) is 2. The number of amides is 1. The molecule has 0 aliphatic carbocycles. The Balaban J connectivity index is 1.34. The molecule has 0 unspecified atom stereocenters. The van der Waals surface area contributed by atoms with Gasteiger partial charge in [0.1, 0.15) is 11.6 Å². The van der Waals surface area contributed by atoms with Crippen molar-refractivity contribution < 1.29 is 22.3 Å². The fraction of sp³-hybridized carbons (Fsp3) is 0.167. The van der Waals surface area contributed by atoms with E-state index in [4.69, 9.17) is 4.74 Å². The van der Waals surface area contributed by atoms with Gasteiger partial charge in [-0.25, -0.2) is 17.3 Å². The molecule has 0 radical (unpaired) electrons. The Labute approximate surface area is 236 Å². The monoisotopic (exact) mass is 573 g/mol. The summed E-state index contributed by atoms with van der Waals surface area (Å²) in [5, 5.41) is 10.5. The number of nitrogens with one attached hydrogen (secondary N) is 2. The zero-order valence-corrected chi connectivity index (χ0v) is 23.5. The second-order valence-electron chi connectivity index (χ2n) is 9.48. The van der Waals surface area contributed by atoms with E-state index in [1.165, 1.54) is 24.3 Å². The summed E-state index contributed by atoms with van der Waals surface area (Å²) in [5.41, 5.74) is 5.10. The molecule has 11 heteroatoms. The molecule has 9 nitrogen and oxygen atoms in total. The summed E-state index contributed by atoms with van der Waals surface area (Å²) in [6.45, 7) is 4.35. The third kappa shape index (κ3) is 6.36. The number of rotatable bonds is 9. The molecule has 0 aliphatic heterocycles. The van der Waals surface area contributed by atoms with Crippen LogP contribution >= 0.6 is 0 Å². The van der Waals surface area contributed by atoms with Crippen LogP contribution in [0.25, 0.3) is 16.8 Å². The van der Waals surface area contributed by atoms with Gasteiger partial charge in [0.15, 0.2) is 15.5 Å². The van der Waals surface area contributed by atoms with Gasteiger partial charge in [0.05, 0.1) is 17.2 Å². The van der Waals surface area contributed by atoms with Crippen molar-refractivity contribution in [2.45, 2.75) is 25.3 Å². The van der Waals surface area contributed by atoms with Crippen molar-refractivity contribution in [3.63, 3.8) is 0 Å². The molecule has 2 N–H and O–H groups in total. The van der Waals surface area contributed by atoms with Crippen LogP contribution in [-0.2, 0) is 16.4 Å². The van der Waals surface area contributed by atoms with Crippen LogP contribution in [0.2, 0.25) is 0 Å². The second-order valence-corrected chi connectivity index (χ2v) is 11.5. The Bertz CT molecular complexity index is 1850. The molecule has 0 spiro atoms. The third-order valence-electron chi connectivity index (χ3n) is 6.43. The first-order valence-electron chi connectivity index (χ1n) is 12.8. The van der Waals surface area contributed by atoms with Gasteiger partial charge in [-0.05, 0) is 73.0 Å². The normalized spacial score (nSPS) is 11.4. The van der Waals surface area contributed by atoms with E-state index in [1.54, 1.807) is 28.8 Å². The Morgan fingerprint density at radius 3 is 2.46 bits per heavy atom. The summed E-state index contributed by atoms with van der Waals surface area (Å²) in [7, 11) is -3.39. The molecule has 2 aromatic heterocycles. The number of hydrogen-bond acceptors (Lipinski definition) is 7. The first-order valence-corrected chi connectivity index (χ1v) is 14.7. The number of aryl methyl sites for hydroxylation is 1. The maximum atomic E-state index is 13.1. The molecular weight excluding hydrogens is 545 g/mol. The number of benzene rings is 3. The van der Waals surface area contributed by atoms with E-state index in [0.29, 0.717) is 41.7 Å². The largest absolute Gasteiger partial charge is 0.492 e. The lowest BCUT2D eigenvalue weighted by molar-refractivity contribution is 0.0950. The maximum Gasteiger partial charge on any atom is 0.251 e. The minimum atomic E-state index is -3.39. The number of aromatic nitrogens is 3. The molecule has 3 aromatic carbocycles. The number of halogens is 1. The molecule has 0 saturated carbocycles. The first kappa shape index (κ1) is 27.8. The van der Waals surface area contributed by atoms with Crippen LogP contribution in [0.3, 0.4) is 0 Å². The number of carbonyl (C=O) groups excluding carboxylic acids is 1. The summed E-state index contributed by atoms with van der Waals surface area (Å²) in [6, 6.07) is 19.9. The van der Waals surface area contributed by atoms with Gasteiger partial charge in [-0.2, -0.15) is 4.98 Å². The fourth-order valence-electron chi connectivity index (χ4n) is 4.32. The topological polar surface area (TPSA) is 115 Å². The molecule has 1 amide bonds. The molecule has 0 saturated heterocycles. The number of ether oxygens (including phenoxy) is 1. The average molecular weight is 574 g/mol. The van der Waals surface area contributed by atoms with Crippen LogP contribution in [0.1, 0.15) is 28.4 Å². The predicted octanol–water partition coefficient (Wildman–Crippen LogP) is 5.32. The molecule has 0 fully saturated rings. The van der Waals surface area contributed by atoms with E-state index in [1.807, 2.05) is 44.3 Å². The molecule has 41 heavy (non-hydrogen) atoms. The quantitative estimate of drug-likeness (QED) is 0.245. The smallest absolute Gasteiger partial charge is 0.251 e. The highest BCUT2D eigenvalue weighted by Crippen LogP contribution is 2.30. The van der Waals surface area contributed by atoms with Gasteiger partial charge in [0, 0.05) is 36.2 Å². The van der Waals surface area contributed by atoms with Crippen LogP contribution in [0, 0.1) is 12.7 Å². The Morgan fingerprint density at radius 1 is 1.00 bits per heavy atom. The van der Waals surface area contributed by atoms with Crippen LogP contribution in [0.4, 0.5) is 16.0 Å². The molecule has 5 rings (SSSR count). The molecule has 2 heterocycles. The van der Waals surface area contributed by atoms with E-state index >= 15 is 0 Å². The van der Waals surface area contributed by atoms with E-state index in [-0.39, 0.29) is 16.6 Å². The van der Waals surface area contributed by atoms with Gasteiger partial charge < -0.3 is 15.4 Å². The van der Waals surface area contributed by atoms with Crippen LogP contribution in [-0.4, -0.2) is 41.8 Å². The molecule has 0 aliphatic rings. The molecule has 0 bridgehead atoms. The lowest BCUT2D eigenvalue weighted by Gasteiger charge is -2.11. The highest BCUT2D eigenvalue weighted by atomic mass is 32.2. The summed E-state index contributed by atoms with van der Waals surface area (Å²) in [5.74, 6) is 0.170. The van der Waals surface area contributed by atoms with Crippen molar-refractivity contribution in [3.05, 3.63) is 102 Å². The van der Waals surface area contributed by atoms with Crippen molar-refractivity contribution in [1.82, 2.24) is 19.9 Å². The molecule has 210 valence electrons. The highest BCUT2D eigenvalue weighted by Gasteiger charge is 2.15. The fourth-order valence-corrected chi connectivity index (χ4v) is 4.95. The lowest BCUT2D eigenvalue weighted by Crippen LogP contribution is -2.23. The van der Waals surface area contributed by atoms with Gasteiger partial charge in [0.2, 0.25) is 5.95 Å². The minimum absolute atomic E-state index is 0.158. The van der Waals surface area contributed by atoms with E-state index in [0.717, 1.165) is 28.5 Å². The molecule has 5 aromatic rings. The van der Waals surface area contributed by atoms with Crippen molar-refractivity contribution in [1.29, 1.82) is 0 Å².